The maximum absolute atomic E-state index is 12.4. The highest BCUT2D eigenvalue weighted by molar-refractivity contribution is 5.92. The molecule has 2 unspecified atom stereocenters. The highest BCUT2D eigenvalue weighted by Crippen LogP contribution is 2.22. The number of hydrogen-bond donors (Lipinski definition) is 3. The van der Waals surface area contributed by atoms with Crippen molar-refractivity contribution in [1.82, 2.24) is 20.4 Å². The number of nitrogens with two attached hydrogens (primary N) is 1. The van der Waals surface area contributed by atoms with Crippen molar-refractivity contribution in [3.63, 3.8) is 0 Å². The lowest BCUT2D eigenvalue weighted by Crippen LogP contribution is -2.32. The van der Waals surface area contributed by atoms with E-state index < -0.39 is 0 Å². The number of hydrogen-bond acceptors (Lipinski definition) is 4. The summed E-state index contributed by atoms with van der Waals surface area (Å²) < 4.78 is 1.64. The monoisotopic (exact) mass is 327 g/mol. The first kappa shape index (κ1) is 16.7. The van der Waals surface area contributed by atoms with Crippen LogP contribution in [-0.4, -0.2) is 28.8 Å². The number of aryl methyl sites for hydroxylation is 2. The molecule has 2 aromatic rings. The Kier molecular flexibility index (Phi) is 4.97. The van der Waals surface area contributed by atoms with Gasteiger partial charge in [-0.25, -0.2) is 0 Å². The molecule has 2 atom stereocenters. The van der Waals surface area contributed by atoms with E-state index in [0.717, 1.165) is 30.6 Å². The van der Waals surface area contributed by atoms with Crippen LogP contribution in [0.1, 0.15) is 52.2 Å². The molecule has 3 rings (SSSR count). The van der Waals surface area contributed by atoms with Crippen LogP contribution in [0.2, 0.25) is 0 Å². The maximum atomic E-state index is 12.4. The molecule has 1 aromatic heterocycles. The van der Waals surface area contributed by atoms with Gasteiger partial charge in [0.05, 0.1) is 11.7 Å². The average Bonchev–Trinajstić information content (AvgIpc) is 3.22. The Morgan fingerprint density at radius 1 is 1.46 bits per heavy atom. The van der Waals surface area contributed by atoms with E-state index in [9.17, 15) is 4.79 Å². The molecule has 4 N–H and O–H groups in total. The molecular formula is C18H25N5O. The van der Waals surface area contributed by atoms with Crippen LogP contribution in [-0.2, 0) is 7.05 Å². The van der Waals surface area contributed by atoms with Gasteiger partial charge in [0, 0.05) is 19.6 Å². The van der Waals surface area contributed by atoms with E-state index in [-0.39, 0.29) is 18.0 Å². The number of aromatic nitrogens is 2. The average molecular weight is 327 g/mol. The smallest absolute Gasteiger partial charge is 0.269 e. The lowest BCUT2D eigenvalue weighted by molar-refractivity contribution is 0.0942. The van der Waals surface area contributed by atoms with Crippen molar-refractivity contribution < 1.29 is 4.79 Å². The minimum Gasteiger partial charge on any atom is -0.349 e. The van der Waals surface area contributed by atoms with Gasteiger partial charge in [0.15, 0.2) is 0 Å². The van der Waals surface area contributed by atoms with Gasteiger partial charge in [-0.1, -0.05) is 29.8 Å². The third kappa shape index (κ3) is 3.66. The van der Waals surface area contributed by atoms with Gasteiger partial charge in [0.1, 0.15) is 5.69 Å². The molecule has 0 bridgehead atoms. The molecule has 1 amide bonds. The second-order valence-corrected chi connectivity index (χ2v) is 6.45. The number of nitrogens with zero attached hydrogens (tertiary/aromatic N) is 2. The fourth-order valence-corrected chi connectivity index (χ4v) is 3.03. The molecule has 0 spiro atoms. The quantitative estimate of drug-likeness (QED) is 0.778. The first-order valence-corrected chi connectivity index (χ1v) is 8.42. The molecule has 0 radical (unpaired) electrons. The predicted molar refractivity (Wildman–Crippen MR) is 93.6 cm³/mol. The number of carbonyl (C=O) groups is 1. The predicted octanol–water partition coefficient (Wildman–Crippen LogP) is 1.58. The van der Waals surface area contributed by atoms with Gasteiger partial charge in [-0.05, 0) is 37.9 Å². The van der Waals surface area contributed by atoms with Crippen molar-refractivity contribution >= 4 is 5.91 Å². The largest absolute Gasteiger partial charge is 0.349 e. The van der Waals surface area contributed by atoms with Crippen LogP contribution >= 0.6 is 0 Å². The molecular weight excluding hydrogens is 302 g/mol. The molecule has 1 aliphatic rings. The van der Waals surface area contributed by atoms with Crippen molar-refractivity contribution in [3.8, 4) is 0 Å². The van der Waals surface area contributed by atoms with Gasteiger partial charge in [-0.3, -0.25) is 9.48 Å². The first-order chi connectivity index (χ1) is 11.5. The van der Waals surface area contributed by atoms with Gasteiger partial charge in [0.2, 0.25) is 0 Å². The van der Waals surface area contributed by atoms with Crippen molar-refractivity contribution in [2.24, 2.45) is 12.8 Å². The van der Waals surface area contributed by atoms with E-state index in [4.69, 9.17) is 5.73 Å². The highest BCUT2D eigenvalue weighted by Gasteiger charge is 2.22. The minimum absolute atomic E-state index is 0.142. The summed E-state index contributed by atoms with van der Waals surface area (Å²) in [5.41, 5.74) is 9.87. The second kappa shape index (κ2) is 7.15. The van der Waals surface area contributed by atoms with Crippen LogP contribution < -0.4 is 16.4 Å². The van der Waals surface area contributed by atoms with Crippen molar-refractivity contribution in [2.75, 3.05) is 13.1 Å². The van der Waals surface area contributed by atoms with E-state index in [1.54, 1.807) is 11.7 Å². The highest BCUT2D eigenvalue weighted by atomic mass is 16.2. The van der Waals surface area contributed by atoms with Crippen LogP contribution in [0.5, 0.6) is 0 Å². The zero-order valence-electron chi connectivity index (χ0n) is 14.2. The van der Waals surface area contributed by atoms with Crippen molar-refractivity contribution in [2.45, 2.75) is 31.8 Å². The first-order valence-electron chi connectivity index (χ1n) is 8.42. The fourth-order valence-electron chi connectivity index (χ4n) is 3.03. The SMILES string of the molecule is Cc1ccc(C(N)CNC(=O)c2cc(C3CCCN3)nn2C)cc1. The second-order valence-electron chi connectivity index (χ2n) is 6.45. The molecule has 24 heavy (non-hydrogen) atoms. The molecule has 0 saturated carbocycles. The molecule has 1 aliphatic heterocycles. The Morgan fingerprint density at radius 2 is 2.21 bits per heavy atom. The Morgan fingerprint density at radius 3 is 2.88 bits per heavy atom. The molecule has 128 valence electrons. The molecule has 2 heterocycles. The Balaban J connectivity index is 1.61. The van der Waals surface area contributed by atoms with Crippen LogP contribution in [0, 0.1) is 6.92 Å². The summed E-state index contributed by atoms with van der Waals surface area (Å²) in [5, 5.41) is 10.8. The van der Waals surface area contributed by atoms with E-state index in [1.807, 2.05) is 37.3 Å². The minimum atomic E-state index is -0.223. The lowest BCUT2D eigenvalue weighted by Gasteiger charge is -2.13. The fraction of sp³-hybridized carbons (Fsp3) is 0.444. The normalized spacial score (nSPS) is 18.5. The number of amides is 1. The topological polar surface area (TPSA) is 85.0 Å². The molecule has 0 aliphatic carbocycles. The van der Waals surface area contributed by atoms with Gasteiger partial charge >= 0.3 is 0 Å². The van der Waals surface area contributed by atoms with Crippen molar-refractivity contribution in [1.29, 1.82) is 0 Å². The standard InChI is InChI=1S/C18H25N5O/c1-12-5-7-13(8-6-12)14(19)11-21-18(24)17-10-16(22-23(17)2)15-4-3-9-20-15/h5-8,10,14-15,20H,3-4,9,11,19H2,1-2H3,(H,21,24). The maximum Gasteiger partial charge on any atom is 0.269 e. The van der Waals surface area contributed by atoms with Gasteiger partial charge in [-0.15, -0.1) is 0 Å². The summed E-state index contributed by atoms with van der Waals surface area (Å²) in [4.78, 5) is 12.4. The zero-order chi connectivity index (χ0) is 17.1. The molecule has 6 nitrogen and oxygen atoms in total. The van der Waals surface area contributed by atoms with Gasteiger partial charge in [-0.2, -0.15) is 5.10 Å². The Hall–Kier alpha value is -2.18. The molecule has 1 saturated heterocycles. The third-order valence-corrected chi connectivity index (χ3v) is 4.54. The van der Waals surface area contributed by atoms with Crippen LogP contribution in [0.3, 0.4) is 0 Å². The summed E-state index contributed by atoms with van der Waals surface area (Å²) in [5.74, 6) is -0.142. The zero-order valence-corrected chi connectivity index (χ0v) is 14.2. The summed E-state index contributed by atoms with van der Waals surface area (Å²) in [6, 6.07) is 9.96. The van der Waals surface area contributed by atoms with Crippen LogP contribution in [0.25, 0.3) is 0 Å². The number of benzene rings is 1. The van der Waals surface area contributed by atoms with Gasteiger partial charge in [0.25, 0.3) is 5.91 Å². The summed E-state index contributed by atoms with van der Waals surface area (Å²) in [6.45, 7) is 3.44. The number of carbonyl (C=O) groups excluding carboxylic acids is 1. The summed E-state index contributed by atoms with van der Waals surface area (Å²) in [7, 11) is 1.80. The van der Waals surface area contributed by atoms with Crippen molar-refractivity contribution in [3.05, 3.63) is 52.8 Å². The van der Waals surface area contributed by atoms with E-state index in [1.165, 1.54) is 5.56 Å². The number of rotatable bonds is 5. The summed E-state index contributed by atoms with van der Waals surface area (Å²) in [6.07, 6.45) is 2.21. The Labute approximate surface area is 142 Å². The molecule has 6 heteroatoms. The van der Waals surface area contributed by atoms with Crippen LogP contribution in [0.15, 0.2) is 30.3 Å². The van der Waals surface area contributed by atoms with E-state index in [2.05, 4.69) is 15.7 Å². The number of nitrogens with one attached hydrogen (secondary N) is 2. The van der Waals surface area contributed by atoms with E-state index >= 15 is 0 Å². The summed E-state index contributed by atoms with van der Waals surface area (Å²) >= 11 is 0. The Bertz CT molecular complexity index is 701. The van der Waals surface area contributed by atoms with Gasteiger partial charge < -0.3 is 16.4 Å². The lowest BCUT2D eigenvalue weighted by atomic mass is 10.1. The molecule has 1 fully saturated rings. The van der Waals surface area contributed by atoms with Crippen LogP contribution in [0.4, 0.5) is 0 Å². The van der Waals surface area contributed by atoms with E-state index in [0.29, 0.717) is 12.2 Å². The third-order valence-electron chi connectivity index (χ3n) is 4.54. The molecule has 1 aromatic carbocycles.